The summed E-state index contributed by atoms with van der Waals surface area (Å²) < 4.78 is 0. The third kappa shape index (κ3) is 2.18. The molecule has 2 saturated heterocycles. The van der Waals surface area contributed by atoms with E-state index in [4.69, 9.17) is 0 Å². The van der Waals surface area contributed by atoms with Crippen molar-refractivity contribution in [1.82, 2.24) is 15.5 Å². The summed E-state index contributed by atoms with van der Waals surface area (Å²) in [6.45, 7) is 3.79. The molecule has 106 valence electrons. The summed E-state index contributed by atoms with van der Waals surface area (Å²) in [5.41, 5.74) is 1.42. The van der Waals surface area contributed by atoms with Crippen molar-refractivity contribution in [1.29, 1.82) is 0 Å². The maximum Gasteiger partial charge on any atom is 0.325 e. The van der Waals surface area contributed by atoms with Gasteiger partial charge >= 0.3 is 6.03 Å². The average molecular weight is 273 g/mol. The van der Waals surface area contributed by atoms with E-state index in [1.165, 1.54) is 10.5 Å². The van der Waals surface area contributed by atoms with Gasteiger partial charge in [-0.3, -0.25) is 9.69 Å². The highest BCUT2D eigenvalue weighted by atomic mass is 16.2. The Kier molecular flexibility index (Phi) is 3.22. The second-order valence-electron chi connectivity index (χ2n) is 5.67. The fraction of sp³-hybridized carbons (Fsp3) is 0.467. The molecule has 1 spiro atoms. The van der Waals surface area contributed by atoms with Crippen LogP contribution >= 0.6 is 0 Å². The third-order valence-corrected chi connectivity index (χ3v) is 4.09. The molecule has 20 heavy (non-hydrogen) atoms. The Hall–Kier alpha value is -1.88. The van der Waals surface area contributed by atoms with E-state index in [-0.39, 0.29) is 11.9 Å². The molecule has 1 aromatic carbocycles. The van der Waals surface area contributed by atoms with Gasteiger partial charge in [0.2, 0.25) is 0 Å². The summed E-state index contributed by atoms with van der Waals surface area (Å²) in [5, 5.41) is 6.07. The monoisotopic (exact) mass is 273 g/mol. The summed E-state index contributed by atoms with van der Waals surface area (Å²) in [4.78, 5) is 26.0. The minimum atomic E-state index is -0.722. The quantitative estimate of drug-likeness (QED) is 0.795. The predicted octanol–water partition coefficient (Wildman–Crippen LogP) is 1.17. The maximum atomic E-state index is 12.6. The Bertz CT molecular complexity index is 533. The molecule has 2 aliphatic heterocycles. The van der Waals surface area contributed by atoms with Crippen molar-refractivity contribution in [2.45, 2.75) is 31.8 Å². The van der Waals surface area contributed by atoms with E-state index in [9.17, 15) is 9.59 Å². The van der Waals surface area contributed by atoms with Crippen molar-refractivity contribution >= 4 is 11.9 Å². The molecule has 3 amide bonds. The molecular formula is C15H19N3O2. The highest BCUT2D eigenvalue weighted by molar-refractivity contribution is 6.07. The lowest BCUT2D eigenvalue weighted by Gasteiger charge is -2.31. The molecule has 2 fully saturated rings. The van der Waals surface area contributed by atoms with Crippen molar-refractivity contribution in [2.75, 3.05) is 13.1 Å². The van der Waals surface area contributed by atoms with Gasteiger partial charge < -0.3 is 10.6 Å². The minimum absolute atomic E-state index is 0.102. The molecule has 2 heterocycles. The molecule has 5 heteroatoms. The number of nitrogens with one attached hydrogen (secondary N) is 2. The lowest BCUT2D eigenvalue weighted by molar-refractivity contribution is -0.132. The topological polar surface area (TPSA) is 61.4 Å². The first-order valence-corrected chi connectivity index (χ1v) is 7.01. The molecule has 0 saturated carbocycles. The van der Waals surface area contributed by atoms with E-state index < -0.39 is 5.54 Å². The molecule has 0 aromatic heterocycles. The van der Waals surface area contributed by atoms with Crippen molar-refractivity contribution in [3.05, 3.63) is 35.4 Å². The number of imide groups is 1. The highest BCUT2D eigenvalue weighted by Gasteiger charge is 2.51. The van der Waals surface area contributed by atoms with E-state index in [2.05, 4.69) is 10.6 Å². The number of piperidine rings is 1. The van der Waals surface area contributed by atoms with Gasteiger partial charge in [-0.1, -0.05) is 29.8 Å². The lowest BCUT2D eigenvalue weighted by atomic mass is 9.90. The predicted molar refractivity (Wildman–Crippen MR) is 75.1 cm³/mol. The molecule has 5 nitrogen and oxygen atoms in total. The molecule has 0 radical (unpaired) electrons. The SMILES string of the molecule is Cc1ccc(CN2C(=O)NC3(CCCNC3)C2=O)cc1. The van der Waals surface area contributed by atoms with Crippen molar-refractivity contribution in [3.8, 4) is 0 Å². The van der Waals surface area contributed by atoms with Crippen molar-refractivity contribution < 1.29 is 9.59 Å². The number of rotatable bonds is 2. The standard InChI is InChI=1S/C15H19N3O2/c1-11-3-5-12(6-4-11)9-18-13(19)15(17-14(18)20)7-2-8-16-10-15/h3-6,16H,2,7-10H2,1H3,(H,17,20). The number of carbonyl (C=O) groups is 2. The average Bonchev–Trinajstić information content (AvgIpc) is 2.67. The van der Waals surface area contributed by atoms with Gasteiger partial charge in [-0.25, -0.2) is 4.79 Å². The fourth-order valence-electron chi connectivity index (χ4n) is 2.89. The van der Waals surface area contributed by atoms with Crippen LogP contribution < -0.4 is 10.6 Å². The van der Waals surface area contributed by atoms with Gasteiger partial charge in [-0.05, 0) is 31.9 Å². The van der Waals surface area contributed by atoms with E-state index in [1.807, 2.05) is 31.2 Å². The summed E-state index contributed by atoms with van der Waals surface area (Å²) >= 11 is 0. The number of urea groups is 1. The first-order chi connectivity index (χ1) is 9.61. The molecule has 2 aliphatic rings. The number of benzene rings is 1. The van der Waals surface area contributed by atoms with Crippen LogP contribution in [-0.2, 0) is 11.3 Å². The molecule has 2 N–H and O–H groups in total. The van der Waals surface area contributed by atoms with Crippen LogP contribution in [0.3, 0.4) is 0 Å². The fourth-order valence-corrected chi connectivity index (χ4v) is 2.89. The number of hydrogen-bond acceptors (Lipinski definition) is 3. The van der Waals surface area contributed by atoms with Gasteiger partial charge in [-0.2, -0.15) is 0 Å². The normalized spacial score (nSPS) is 26.1. The van der Waals surface area contributed by atoms with Crippen LogP contribution in [0.25, 0.3) is 0 Å². The van der Waals surface area contributed by atoms with Gasteiger partial charge in [0.1, 0.15) is 5.54 Å². The van der Waals surface area contributed by atoms with Gasteiger partial charge in [0.15, 0.2) is 0 Å². The van der Waals surface area contributed by atoms with Gasteiger partial charge in [-0.15, -0.1) is 0 Å². The minimum Gasteiger partial charge on any atom is -0.322 e. The highest BCUT2D eigenvalue weighted by Crippen LogP contribution is 2.26. The zero-order valence-electron chi connectivity index (χ0n) is 11.6. The molecule has 0 bridgehead atoms. The molecule has 1 unspecified atom stereocenters. The van der Waals surface area contributed by atoms with Crippen LogP contribution in [-0.4, -0.2) is 35.5 Å². The van der Waals surface area contributed by atoms with Crippen molar-refractivity contribution in [2.24, 2.45) is 0 Å². The Labute approximate surface area is 118 Å². The Morgan fingerprint density at radius 2 is 2.00 bits per heavy atom. The van der Waals surface area contributed by atoms with Crippen LogP contribution in [0, 0.1) is 6.92 Å². The van der Waals surface area contributed by atoms with Crippen LogP contribution in [0.15, 0.2) is 24.3 Å². The number of aryl methyl sites for hydroxylation is 1. The first kappa shape index (κ1) is 13.1. The zero-order valence-corrected chi connectivity index (χ0v) is 11.6. The second-order valence-corrected chi connectivity index (χ2v) is 5.67. The number of amides is 3. The number of hydrogen-bond donors (Lipinski definition) is 2. The van der Waals surface area contributed by atoms with Crippen LogP contribution in [0.2, 0.25) is 0 Å². The van der Waals surface area contributed by atoms with Crippen LogP contribution in [0.4, 0.5) is 4.79 Å². The lowest BCUT2D eigenvalue weighted by Crippen LogP contribution is -2.57. The van der Waals surface area contributed by atoms with E-state index in [0.717, 1.165) is 24.9 Å². The van der Waals surface area contributed by atoms with Gasteiger partial charge in [0, 0.05) is 6.54 Å². The Balaban J connectivity index is 1.78. The summed E-state index contributed by atoms with van der Waals surface area (Å²) in [6, 6.07) is 7.62. The van der Waals surface area contributed by atoms with Crippen LogP contribution in [0.5, 0.6) is 0 Å². The molecule has 1 atom stereocenters. The summed E-state index contributed by atoms with van der Waals surface area (Å²) in [6.07, 6.45) is 1.62. The van der Waals surface area contributed by atoms with E-state index in [0.29, 0.717) is 13.1 Å². The molecule has 3 rings (SSSR count). The molecule has 0 aliphatic carbocycles. The number of carbonyl (C=O) groups excluding carboxylic acids is 2. The second kappa shape index (κ2) is 4.90. The Morgan fingerprint density at radius 1 is 1.25 bits per heavy atom. The summed E-state index contributed by atoms with van der Waals surface area (Å²) in [7, 11) is 0. The zero-order chi connectivity index (χ0) is 14.2. The van der Waals surface area contributed by atoms with E-state index >= 15 is 0 Å². The first-order valence-electron chi connectivity index (χ1n) is 7.01. The number of nitrogens with zero attached hydrogens (tertiary/aromatic N) is 1. The van der Waals surface area contributed by atoms with Gasteiger partial charge in [0.05, 0.1) is 6.54 Å². The van der Waals surface area contributed by atoms with Gasteiger partial charge in [0.25, 0.3) is 5.91 Å². The molecule has 1 aromatic rings. The van der Waals surface area contributed by atoms with Crippen LogP contribution in [0.1, 0.15) is 24.0 Å². The van der Waals surface area contributed by atoms with E-state index in [1.54, 1.807) is 0 Å². The maximum absolute atomic E-state index is 12.6. The third-order valence-electron chi connectivity index (χ3n) is 4.09. The summed E-state index contributed by atoms with van der Waals surface area (Å²) in [5.74, 6) is -0.102. The van der Waals surface area contributed by atoms with Crippen molar-refractivity contribution in [3.63, 3.8) is 0 Å². The molecular weight excluding hydrogens is 254 g/mol. The Morgan fingerprint density at radius 3 is 2.65 bits per heavy atom. The largest absolute Gasteiger partial charge is 0.325 e. The smallest absolute Gasteiger partial charge is 0.322 e.